The zero-order valence-electron chi connectivity index (χ0n) is 22.6. The average Bonchev–Trinajstić information content (AvgIpc) is 3.01. The summed E-state index contributed by atoms with van der Waals surface area (Å²) >= 11 is 0. The van der Waals surface area contributed by atoms with E-state index < -0.39 is 0 Å². The first-order valence-corrected chi connectivity index (χ1v) is 13.7. The van der Waals surface area contributed by atoms with Crippen molar-refractivity contribution in [3.05, 3.63) is 145 Å². The molecule has 0 spiro atoms. The van der Waals surface area contributed by atoms with Crippen LogP contribution in [0.2, 0.25) is 0 Å². The molecule has 0 fully saturated rings. The molecule has 2 nitrogen and oxygen atoms in total. The maximum Gasteiger partial charge on any atom is 0.0978 e. The first-order chi connectivity index (χ1) is 19.7. The Balaban J connectivity index is 1.63. The molecule has 0 aliphatic rings. The van der Waals surface area contributed by atoms with Gasteiger partial charge in [-0.3, -0.25) is 0 Å². The summed E-state index contributed by atoms with van der Waals surface area (Å²) in [5, 5.41) is 2.20. The summed E-state index contributed by atoms with van der Waals surface area (Å²) in [6.07, 6.45) is 0. The van der Waals surface area contributed by atoms with Crippen LogP contribution in [-0.4, -0.2) is 9.97 Å². The van der Waals surface area contributed by atoms with E-state index in [1.807, 2.05) is 0 Å². The predicted molar refractivity (Wildman–Crippen MR) is 168 cm³/mol. The average molecular weight is 513 g/mol. The second-order valence-electron chi connectivity index (χ2n) is 10.3. The minimum Gasteiger partial charge on any atom is -0.245 e. The molecule has 2 aromatic heterocycles. The van der Waals surface area contributed by atoms with E-state index in [0.717, 1.165) is 55.4 Å². The van der Waals surface area contributed by atoms with Gasteiger partial charge >= 0.3 is 0 Å². The van der Waals surface area contributed by atoms with Gasteiger partial charge in [-0.05, 0) is 59.4 Å². The molecule has 7 rings (SSSR count). The fourth-order valence-electron chi connectivity index (χ4n) is 5.68. The lowest BCUT2D eigenvalue weighted by Crippen LogP contribution is -1.96. The molecule has 0 saturated carbocycles. The van der Waals surface area contributed by atoms with Crippen LogP contribution in [0.25, 0.3) is 66.6 Å². The number of nitrogens with zero attached hydrogens (tertiary/aromatic N) is 2. The summed E-state index contributed by atoms with van der Waals surface area (Å²) in [4.78, 5) is 10.7. The van der Waals surface area contributed by atoms with Crippen LogP contribution < -0.4 is 0 Å². The van der Waals surface area contributed by atoms with Crippen LogP contribution in [0.1, 0.15) is 11.1 Å². The number of fused-ring (bicyclic) bond motifs is 3. The van der Waals surface area contributed by atoms with E-state index >= 15 is 0 Å². The zero-order valence-corrected chi connectivity index (χ0v) is 22.6. The van der Waals surface area contributed by atoms with Gasteiger partial charge in [-0.2, -0.15) is 0 Å². The Labute approximate surface area is 234 Å². The first-order valence-electron chi connectivity index (χ1n) is 13.7. The normalized spacial score (nSPS) is 11.2. The summed E-state index contributed by atoms with van der Waals surface area (Å²) in [7, 11) is 0. The smallest absolute Gasteiger partial charge is 0.0978 e. The highest BCUT2D eigenvalue weighted by atomic mass is 14.8. The van der Waals surface area contributed by atoms with E-state index in [9.17, 15) is 0 Å². The topological polar surface area (TPSA) is 25.8 Å². The van der Waals surface area contributed by atoms with Crippen molar-refractivity contribution in [1.29, 1.82) is 0 Å². The van der Waals surface area contributed by atoms with Gasteiger partial charge in [-0.15, -0.1) is 0 Å². The van der Waals surface area contributed by atoms with Crippen molar-refractivity contribution in [2.24, 2.45) is 0 Å². The molecule has 2 heterocycles. The lowest BCUT2D eigenvalue weighted by atomic mass is 9.93. The highest BCUT2D eigenvalue weighted by molar-refractivity contribution is 6.13. The minimum atomic E-state index is 0.921. The van der Waals surface area contributed by atoms with Gasteiger partial charge in [-0.1, -0.05) is 121 Å². The molecule has 190 valence electrons. The highest BCUT2D eigenvalue weighted by Crippen LogP contribution is 2.40. The van der Waals surface area contributed by atoms with Crippen molar-refractivity contribution < 1.29 is 0 Å². The third-order valence-electron chi connectivity index (χ3n) is 7.77. The Morgan fingerprint density at radius 1 is 0.375 bits per heavy atom. The quantitative estimate of drug-likeness (QED) is 0.219. The molecule has 0 atom stereocenters. The summed E-state index contributed by atoms with van der Waals surface area (Å²) in [5.74, 6) is 0. The molecule has 0 unspecified atom stereocenters. The van der Waals surface area contributed by atoms with E-state index in [2.05, 4.69) is 147 Å². The van der Waals surface area contributed by atoms with E-state index in [0.29, 0.717) is 0 Å². The molecule has 0 amide bonds. The van der Waals surface area contributed by atoms with Crippen LogP contribution in [0.4, 0.5) is 0 Å². The van der Waals surface area contributed by atoms with Crippen molar-refractivity contribution >= 4 is 21.8 Å². The maximum atomic E-state index is 5.35. The summed E-state index contributed by atoms with van der Waals surface area (Å²) in [6, 6.07) is 47.0. The molecule has 0 aliphatic heterocycles. The van der Waals surface area contributed by atoms with Gasteiger partial charge in [0.15, 0.2) is 0 Å². The molecule has 0 aliphatic carbocycles. The van der Waals surface area contributed by atoms with Gasteiger partial charge in [0, 0.05) is 21.9 Å². The van der Waals surface area contributed by atoms with Gasteiger partial charge < -0.3 is 0 Å². The number of aromatic nitrogens is 2. The number of hydrogen-bond acceptors (Lipinski definition) is 2. The molecular formula is C38H28N2. The third kappa shape index (κ3) is 4.15. The highest BCUT2D eigenvalue weighted by Gasteiger charge is 2.17. The van der Waals surface area contributed by atoms with Gasteiger partial charge in [0.1, 0.15) is 0 Å². The van der Waals surface area contributed by atoms with Crippen LogP contribution in [0.5, 0.6) is 0 Å². The zero-order chi connectivity index (χ0) is 27.1. The fraction of sp³-hybridized carbons (Fsp3) is 0.0526. The second kappa shape index (κ2) is 9.91. The Morgan fingerprint density at radius 2 is 0.750 bits per heavy atom. The largest absolute Gasteiger partial charge is 0.245 e. The molecule has 0 saturated heterocycles. The van der Waals surface area contributed by atoms with Crippen LogP contribution in [0, 0.1) is 13.8 Å². The van der Waals surface area contributed by atoms with Crippen LogP contribution in [-0.2, 0) is 0 Å². The molecule has 0 bridgehead atoms. The molecule has 2 heteroatoms. The van der Waals surface area contributed by atoms with Crippen molar-refractivity contribution in [3.63, 3.8) is 0 Å². The van der Waals surface area contributed by atoms with Crippen molar-refractivity contribution in [3.8, 4) is 44.8 Å². The Kier molecular flexibility index (Phi) is 5.94. The van der Waals surface area contributed by atoms with Crippen molar-refractivity contribution in [1.82, 2.24) is 9.97 Å². The van der Waals surface area contributed by atoms with Gasteiger partial charge in [0.05, 0.1) is 22.4 Å². The van der Waals surface area contributed by atoms with Gasteiger partial charge in [0.2, 0.25) is 0 Å². The molecule has 7 aromatic rings. The van der Waals surface area contributed by atoms with Crippen LogP contribution in [0.3, 0.4) is 0 Å². The SMILES string of the molecule is Cc1ccccc1-c1cc(-c2ccccc2)c2ccc3c(-c4ccccc4)cc(-c4ccccc4C)nc3c2n1. The van der Waals surface area contributed by atoms with Crippen LogP contribution >= 0.6 is 0 Å². The number of pyridine rings is 2. The summed E-state index contributed by atoms with van der Waals surface area (Å²) < 4.78 is 0. The summed E-state index contributed by atoms with van der Waals surface area (Å²) in [5.41, 5.74) is 13.1. The maximum absolute atomic E-state index is 5.35. The Morgan fingerprint density at radius 3 is 1.15 bits per heavy atom. The number of aryl methyl sites for hydroxylation is 2. The fourth-order valence-corrected chi connectivity index (χ4v) is 5.68. The molecule has 0 N–H and O–H groups in total. The first kappa shape index (κ1) is 24.0. The van der Waals surface area contributed by atoms with E-state index in [4.69, 9.17) is 9.97 Å². The van der Waals surface area contributed by atoms with E-state index in [1.165, 1.54) is 22.3 Å². The van der Waals surface area contributed by atoms with Crippen molar-refractivity contribution in [2.75, 3.05) is 0 Å². The minimum absolute atomic E-state index is 0.921. The van der Waals surface area contributed by atoms with Crippen molar-refractivity contribution in [2.45, 2.75) is 13.8 Å². The number of hydrogen-bond donors (Lipinski definition) is 0. The van der Waals surface area contributed by atoms with Gasteiger partial charge in [-0.25, -0.2) is 9.97 Å². The summed E-state index contributed by atoms with van der Waals surface area (Å²) in [6.45, 7) is 4.29. The lowest BCUT2D eigenvalue weighted by Gasteiger charge is -2.16. The third-order valence-corrected chi connectivity index (χ3v) is 7.77. The Hall–Kier alpha value is -5.08. The van der Waals surface area contributed by atoms with Crippen LogP contribution in [0.15, 0.2) is 133 Å². The van der Waals surface area contributed by atoms with E-state index in [1.54, 1.807) is 0 Å². The second-order valence-corrected chi connectivity index (χ2v) is 10.3. The molecule has 5 aromatic carbocycles. The number of rotatable bonds is 4. The number of benzene rings is 5. The molecule has 40 heavy (non-hydrogen) atoms. The monoisotopic (exact) mass is 512 g/mol. The van der Waals surface area contributed by atoms with Gasteiger partial charge in [0.25, 0.3) is 0 Å². The predicted octanol–water partition coefficient (Wildman–Crippen LogP) is 10.1. The Bertz CT molecular complexity index is 1860. The standard InChI is InChI=1S/C38H28N2/c1-25-13-9-11-19-29(25)35-23-33(27-15-5-3-6-16-27)31-21-22-32-34(28-17-7-4-8-18-28)24-36(40-38(32)37(31)39-35)30-20-12-10-14-26(30)2/h3-24H,1-2H3. The molecule has 0 radical (unpaired) electrons. The lowest BCUT2D eigenvalue weighted by molar-refractivity contribution is 1.34. The van der Waals surface area contributed by atoms with E-state index in [-0.39, 0.29) is 0 Å². The molecular weight excluding hydrogens is 484 g/mol.